The molecule has 0 bridgehead atoms. The molecule has 0 heterocycles. The smallest absolute Gasteiger partial charge is 0.271 e. The molecule has 3 aromatic carbocycles. The van der Waals surface area contributed by atoms with Crippen LogP contribution in [-0.2, 0) is 0 Å². The fraction of sp³-hybridized carbons (Fsp3) is 0.0909. The van der Waals surface area contributed by atoms with Crippen molar-refractivity contribution in [2.24, 2.45) is 5.10 Å². The monoisotopic (exact) mass is 406 g/mol. The Kier molecular flexibility index (Phi) is 6.63. The quantitative estimate of drug-likeness (QED) is 0.459. The maximum absolute atomic E-state index is 12.5. The molecule has 0 atom stereocenters. The van der Waals surface area contributed by atoms with Crippen LogP contribution in [0.5, 0.6) is 11.5 Å². The van der Waals surface area contributed by atoms with Crippen molar-refractivity contribution in [1.82, 2.24) is 5.43 Å². The molecule has 0 aromatic heterocycles. The summed E-state index contributed by atoms with van der Waals surface area (Å²) in [6.07, 6.45) is 0. The minimum Gasteiger partial charge on any atom is -0.733 e. The topological polar surface area (TPSA) is 106 Å². The summed E-state index contributed by atoms with van der Waals surface area (Å²) in [5, 5.41) is 24.1. The van der Waals surface area contributed by atoms with Crippen LogP contribution in [0.1, 0.15) is 21.5 Å². The Hall–Kier alpha value is -3.88. The molecule has 0 spiro atoms. The van der Waals surface area contributed by atoms with E-state index in [1.807, 2.05) is 24.3 Å². The van der Waals surface area contributed by atoms with Crippen LogP contribution in [-0.4, -0.2) is 31.0 Å². The number of benzene rings is 3. The van der Waals surface area contributed by atoms with Crippen LogP contribution >= 0.6 is 0 Å². The SMILES string of the molecule is COc1ccc(C(=NNC(=O)c2cccc(N([O-])O)c2)c2ccc(OC)cc2)cc1. The van der Waals surface area contributed by atoms with E-state index in [9.17, 15) is 10.0 Å². The van der Waals surface area contributed by atoms with Crippen molar-refractivity contribution < 1.29 is 19.5 Å². The highest BCUT2D eigenvalue weighted by Crippen LogP contribution is 2.19. The molecule has 8 nitrogen and oxygen atoms in total. The Balaban J connectivity index is 1.93. The molecule has 0 unspecified atom stereocenters. The van der Waals surface area contributed by atoms with Crippen molar-refractivity contribution in [2.45, 2.75) is 0 Å². The Morgan fingerprint density at radius 1 is 0.900 bits per heavy atom. The summed E-state index contributed by atoms with van der Waals surface area (Å²) in [6, 6.07) is 20.1. The van der Waals surface area contributed by atoms with Gasteiger partial charge in [-0.15, -0.1) is 0 Å². The Labute approximate surface area is 173 Å². The molecule has 0 aliphatic carbocycles. The van der Waals surface area contributed by atoms with Gasteiger partial charge in [0.05, 0.1) is 25.6 Å². The summed E-state index contributed by atoms with van der Waals surface area (Å²) in [6.45, 7) is 0. The van der Waals surface area contributed by atoms with Gasteiger partial charge in [-0.3, -0.25) is 10.0 Å². The van der Waals surface area contributed by atoms with Gasteiger partial charge in [0.2, 0.25) is 0 Å². The van der Waals surface area contributed by atoms with E-state index in [0.717, 1.165) is 11.1 Å². The highest BCUT2D eigenvalue weighted by atomic mass is 16.8. The van der Waals surface area contributed by atoms with Crippen molar-refractivity contribution in [2.75, 3.05) is 19.4 Å². The van der Waals surface area contributed by atoms with Crippen LogP contribution in [0.25, 0.3) is 0 Å². The highest BCUT2D eigenvalue weighted by molar-refractivity contribution is 6.13. The third kappa shape index (κ3) is 4.93. The van der Waals surface area contributed by atoms with E-state index in [1.54, 1.807) is 38.5 Å². The number of carbonyl (C=O) groups excluding carboxylic acids is 1. The number of nitrogens with one attached hydrogen (secondary N) is 1. The molecule has 0 fully saturated rings. The number of hydrogen-bond acceptors (Lipinski definition) is 7. The fourth-order valence-corrected chi connectivity index (χ4v) is 2.73. The third-order valence-electron chi connectivity index (χ3n) is 4.33. The molecular formula is C22H20N3O5-. The molecule has 3 rings (SSSR count). The van der Waals surface area contributed by atoms with Crippen LogP contribution in [0.3, 0.4) is 0 Å². The van der Waals surface area contributed by atoms with Crippen LogP contribution in [0, 0.1) is 5.21 Å². The van der Waals surface area contributed by atoms with Crippen molar-refractivity contribution in [1.29, 1.82) is 0 Å². The number of rotatable bonds is 7. The number of methoxy groups -OCH3 is 2. The predicted octanol–water partition coefficient (Wildman–Crippen LogP) is 3.58. The second kappa shape index (κ2) is 9.55. The normalized spacial score (nSPS) is 10.1. The van der Waals surface area contributed by atoms with Gasteiger partial charge in [-0.1, -0.05) is 6.07 Å². The van der Waals surface area contributed by atoms with Crippen LogP contribution in [0.4, 0.5) is 5.69 Å². The second-order valence-electron chi connectivity index (χ2n) is 6.18. The van der Waals surface area contributed by atoms with Crippen LogP contribution < -0.4 is 20.1 Å². The first-order valence-electron chi connectivity index (χ1n) is 8.95. The van der Waals surface area contributed by atoms with Gasteiger partial charge in [0.15, 0.2) is 0 Å². The largest absolute Gasteiger partial charge is 0.733 e. The van der Waals surface area contributed by atoms with Crippen molar-refractivity contribution in [3.8, 4) is 11.5 Å². The Morgan fingerprint density at radius 2 is 1.43 bits per heavy atom. The zero-order chi connectivity index (χ0) is 21.5. The first kappa shape index (κ1) is 20.8. The fourth-order valence-electron chi connectivity index (χ4n) is 2.73. The summed E-state index contributed by atoms with van der Waals surface area (Å²) >= 11 is 0. The average molecular weight is 406 g/mol. The molecule has 0 radical (unpaired) electrons. The number of ether oxygens (including phenoxy) is 2. The molecular weight excluding hydrogens is 386 g/mol. The minimum absolute atomic E-state index is 0.0582. The third-order valence-corrected chi connectivity index (χ3v) is 4.33. The Morgan fingerprint density at radius 3 is 1.90 bits per heavy atom. The van der Waals surface area contributed by atoms with Crippen LogP contribution in [0.15, 0.2) is 77.9 Å². The van der Waals surface area contributed by atoms with Gasteiger partial charge in [0.1, 0.15) is 11.5 Å². The molecule has 0 saturated heterocycles. The van der Waals surface area contributed by atoms with E-state index in [0.29, 0.717) is 17.2 Å². The molecule has 8 heteroatoms. The summed E-state index contributed by atoms with van der Waals surface area (Å²) in [4.78, 5) is 12.5. The summed E-state index contributed by atoms with van der Waals surface area (Å²) in [7, 11) is 3.16. The number of hydrazone groups is 1. The van der Waals surface area contributed by atoms with Crippen molar-refractivity contribution in [3.63, 3.8) is 0 Å². The summed E-state index contributed by atoms with van der Waals surface area (Å²) < 4.78 is 10.4. The molecule has 0 aliphatic rings. The van der Waals surface area contributed by atoms with Crippen molar-refractivity contribution >= 4 is 17.3 Å². The van der Waals surface area contributed by atoms with Gasteiger partial charge in [0.25, 0.3) is 5.91 Å². The molecule has 154 valence electrons. The van der Waals surface area contributed by atoms with E-state index in [4.69, 9.17) is 14.7 Å². The van der Waals surface area contributed by atoms with Gasteiger partial charge in [-0.05, 0) is 66.7 Å². The van der Waals surface area contributed by atoms with Crippen LogP contribution in [0.2, 0.25) is 0 Å². The zero-order valence-electron chi connectivity index (χ0n) is 16.4. The van der Waals surface area contributed by atoms with E-state index in [-0.39, 0.29) is 16.5 Å². The van der Waals surface area contributed by atoms with E-state index in [1.165, 1.54) is 24.3 Å². The van der Waals surface area contributed by atoms with Gasteiger partial charge < -0.3 is 19.9 Å². The molecule has 1 amide bonds. The number of nitrogens with zero attached hydrogens (tertiary/aromatic N) is 2. The van der Waals surface area contributed by atoms with Gasteiger partial charge >= 0.3 is 0 Å². The van der Waals surface area contributed by atoms with Crippen molar-refractivity contribution in [3.05, 3.63) is 94.7 Å². The standard InChI is InChI=1S/C22H20N3O5/c1-29-19-10-6-15(7-11-19)21(16-8-12-20(30-2)13-9-16)23-24-22(26)17-4-3-5-18(14-17)25(27)28/h3-14,27H,1-2H3,(H,24,26)/q-1. The predicted molar refractivity (Wildman–Crippen MR) is 113 cm³/mol. The number of hydrogen-bond donors (Lipinski definition) is 2. The minimum atomic E-state index is -0.529. The van der Waals surface area contributed by atoms with E-state index in [2.05, 4.69) is 10.5 Å². The highest BCUT2D eigenvalue weighted by Gasteiger charge is 2.11. The van der Waals surface area contributed by atoms with Gasteiger partial charge in [-0.2, -0.15) is 5.10 Å². The first-order valence-corrected chi connectivity index (χ1v) is 8.95. The number of amides is 1. The number of anilines is 1. The molecule has 0 aliphatic heterocycles. The lowest BCUT2D eigenvalue weighted by Crippen LogP contribution is -2.21. The van der Waals surface area contributed by atoms with Gasteiger partial charge in [0, 0.05) is 16.7 Å². The molecule has 0 saturated carbocycles. The first-order chi connectivity index (χ1) is 14.5. The molecule has 3 aromatic rings. The van der Waals surface area contributed by atoms with E-state index < -0.39 is 5.91 Å². The Bertz CT molecular complexity index is 982. The lowest BCUT2D eigenvalue weighted by molar-refractivity contribution is 0.0955. The zero-order valence-corrected chi connectivity index (χ0v) is 16.4. The second-order valence-corrected chi connectivity index (χ2v) is 6.18. The lowest BCUT2D eigenvalue weighted by atomic mass is 10.0. The summed E-state index contributed by atoms with van der Waals surface area (Å²) in [5.41, 5.74) is 4.67. The number of carbonyl (C=O) groups is 1. The summed E-state index contributed by atoms with van der Waals surface area (Å²) in [5.74, 6) is 0.859. The lowest BCUT2D eigenvalue weighted by Gasteiger charge is -2.21. The molecule has 30 heavy (non-hydrogen) atoms. The van der Waals surface area contributed by atoms with E-state index >= 15 is 0 Å². The van der Waals surface area contributed by atoms with Gasteiger partial charge in [-0.25, -0.2) is 5.43 Å². The molecule has 2 N–H and O–H groups in total. The average Bonchev–Trinajstić information content (AvgIpc) is 2.80. The maximum Gasteiger partial charge on any atom is 0.271 e. The maximum atomic E-state index is 12.5.